The Hall–Kier alpha value is -3.60. The van der Waals surface area contributed by atoms with Gasteiger partial charge in [0.1, 0.15) is 12.4 Å². The molecule has 0 unspecified atom stereocenters. The zero-order valence-corrected chi connectivity index (χ0v) is 20.5. The van der Waals surface area contributed by atoms with Crippen LogP contribution >= 0.6 is 0 Å². The summed E-state index contributed by atoms with van der Waals surface area (Å²) in [5, 5.41) is 2.56. The highest BCUT2D eigenvalue weighted by atomic mass is 32.2. The molecule has 1 aliphatic heterocycles. The second-order valence-corrected chi connectivity index (χ2v) is 10.2. The quantitative estimate of drug-likeness (QED) is 0.380. The van der Waals surface area contributed by atoms with Crippen LogP contribution in [0.2, 0.25) is 0 Å². The summed E-state index contributed by atoms with van der Waals surface area (Å²) in [6.07, 6.45) is 0.341. The van der Waals surface area contributed by atoms with Gasteiger partial charge in [-0.15, -0.1) is 0 Å². The largest absolute Gasteiger partial charge is 0.496 e. The number of Topliss-reactive ketones (excluding diaryl/α,β-unsaturated/α-hetero) is 1. The van der Waals surface area contributed by atoms with Gasteiger partial charge in [0, 0.05) is 17.2 Å². The predicted molar refractivity (Wildman–Crippen MR) is 126 cm³/mol. The van der Waals surface area contributed by atoms with Crippen molar-refractivity contribution < 1.29 is 41.7 Å². The molecule has 1 saturated heterocycles. The van der Waals surface area contributed by atoms with Gasteiger partial charge in [0.15, 0.2) is 33.7 Å². The minimum Gasteiger partial charge on any atom is -0.496 e. The number of hydrogen-bond donors (Lipinski definition) is 1. The lowest BCUT2D eigenvalue weighted by Crippen LogP contribution is -2.38. The fourth-order valence-electron chi connectivity index (χ4n) is 3.54. The fraction of sp³-hybridized carbons (Fsp3) is 0.375. The molecule has 2 aromatic rings. The first kappa shape index (κ1) is 26.0. The minimum atomic E-state index is -3.13. The molecule has 1 fully saturated rings. The van der Waals surface area contributed by atoms with Gasteiger partial charge in [0.25, 0.3) is 5.91 Å². The molecule has 2 aromatic carbocycles. The van der Waals surface area contributed by atoms with E-state index in [1.807, 2.05) is 0 Å². The molecule has 11 heteroatoms. The summed E-state index contributed by atoms with van der Waals surface area (Å²) >= 11 is 0. The van der Waals surface area contributed by atoms with E-state index in [9.17, 15) is 22.8 Å². The van der Waals surface area contributed by atoms with Crippen LogP contribution in [0.5, 0.6) is 17.2 Å². The third kappa shape index (κ3) is 6.95. The molecule has 3 rings (SSSR count). The van der Waals surface area contributed by atoms with Crippen molar-refractivity contribution in [2.75, 3.05) is 32.3 Å². The van der Waals surface area contributed by atoms with Crippen LogP contribution in [0, 0.1) is 0 Å². The van der Waals surface area contributed by atoms with Crippen LogP contribution in [0.3, 0.4) is 0 Å². The molecule has 1 atom stereocenters. The van der Waals surface area contributed by atoms with Gasteiger partial charge in [-0.25, -0.2) is 13.2 Å². The monoisotopic (exact) mass is 505 g/mol. The molecule has 10 nitrogen and oxygen atoms in total. The molecule has 1 amide bonds. The topological polar surface area (TPSA) is 134 Å². The van der Waals surface area contributed by atoms with Crippen LogP contribution < -0.4 is 19.5 Å². The molecule has 1 aliphatic rings. The molecular formula is C24H27NO9S. The van der Waals surface area contributed by atoms with Crippen LogP contribution in [0.1, 0.15) is 39.6 Å². The van der Waals surface area contributed by atoms with E-state index in [2.05, 4.69) is 5.32 Å². The highest BCUT2D eigenvalue weighted by Gasteiger charge is 2.29. The average Bonchev–Trinajstić information content (AvgIpc) is 3.18. The molecule has 1 heterocycles. The second-order valence-electron chi connectivity index (χ2n) is 7.98. The molecule has 188 valence electrons. The number of amides is 1. The van der Waals surface area contributed by atoms with Gasteiger partial charge in [-0.1, -0.05) is 12.1 Å². The van der Waals surface area contributed by atoms with E-state index in [1.165, 1.54) is 39.3 Å². The van der Waals surface area contributed by atoms with Crippen molar-refractivity contribution in [3.05, 3.63) is 53.1 Å². The third-order valence-electron chi connectivity index (χ3n) is 5.41. The number of sulfone groups is 1. The highest BCUT2D eigenvalue weighted by Crippen LogP contribution is 2.30. The molecule has 0 saturated carbocycles. The first-order valence-electron chi connectivity index (χ1n) is 10.8. The second kappa shape index (κ2) is 11.2. The number of ketones is 1. The number of carbonyl (C=O) groups is 3. The predicted octanol–water partition coefficient (Wildman–Crippen LogP) is 1.95. The standard InChI is InChI=1S/C24H27NO9S/c1-15(26)16-4-5-18(21(10-16)31-2)12-33-20-7-6-17(11-22(20)32-3)24(28)34-13-23(27)25-19-8-9-35(29,30)14-19/h4-7,10-11,19H,8-9,12-14H2,1-3H3,(H,25,27)/t19-/m1/s1. The zero-order chi connectivity index (χ0) is 25.6. The minimum absolute atomic E-state index is 0.0302. The summed E-state index contributed by atoms with van der Waals surface area (Å²) in [6.45, 7) is 1.06. The molecule has 1 N–H and O–H groups in total. The van der Waals surface area contributed by atoms with E-state index in [4.69, 9.17) is 18.9 Å². The summed E-state index contributed by atoms with van der Waals surface area (Å²) in [6, 6.07) is 9.02. The van der Waals surface area contributed by atoms with Gasteiger partial charge >= 0.3 is 5.97 Å². The lowest BCUT2D eigenvalue weighted by atomic mass is 10.1. The van der Waals surface area contributed by atoms with Crippen LogP contribution in [0.15, 0.2) is 36.4 Å². The number of hydrogen-bond acceptors (Lipinski definition) is 9. The number of carbonyl (C=O) groups excluding carboxylic acids is 3. The Morgan fingerprint density at radius 2 is 1.66 bits per heavy atom. The lowest BCUT2D eigenvalue weighted by molar-refractivity contribution is -0.124. The van der Waals surface area contributed by atoms with Crippen molar-refractivity contribution in [1.29, 1.82) is 0 Å². The number of methoxy groups -OCH3 is 2. The molecule has 0 spiro atoms. The van der Waals surface area contributed by atoms with Gasteiger partial charge in [0.2, 0.25) is 0 Å². The Labute approximate surface area is 203 Å². The van der Waals surface area contributed by atoms with Crippen molar-refractivity contribution in [2.24, 2.45) is 0 Å². The van der Waals surface area contributed by atoms with Crippen molar-refractivity contribution in [1.82, 2.24) is 5.32 Å². The van der Waals surface area contributed by atoms with Crippen molar-refractivity contribution in [3.8, 4) is 17.2 Å². The molecular weight excluding hydrogens is 478 g/mol. The molecule has 0 radical (unpaired) electrons. The van der Waals surface area contributed by atoms with Gasteiger partial charge in [0.05, 0.1) is 31.3 Å². The third-order valence-corrected chi connectivity index (χ3v) is 7.18. The van der Waals surface area contributed by atoms with Crippen molar-refractivity contribution >= 4 is 27.5 Å². The maximum absolute atomic E-state index is 12.4. The van der Waals surface area contributed by atoms with E-state index in [0.717, 1.165) is 0 Å². The summed E-state index contributed by atoms with van der Waals surface area (Å²) in [4.78, 5) is 36.0. The van der Waals surface area contributed by atoms with E-state index in [0.29, 0.717) is 29.0 Å². The Kier molecular flexibility index (Phi) is 8.34. The number of ether oxygens (including phenoxy) is 4. The summed E-state index contributed by atoms with van der Waals surface area (Å²) in [5.74, 6) is -0.334. The average molecular weight is 506 g/mol. The Morgan fingerprint density at radius 3 is 2.29 bits per heavy atom. The Morgan fingerprint density at radius 1 is 0.971 bits per heavy atom. The van der Waals surface area contributed by atoms with E-state index in [-0.39, 0.29) is 35.2 Å². The summed E-state index contributed by atoms with van der Waals surface area (Å²) in [5.41, 5.74) is 1.38. The SMILES string of the molecule is COc1cc(C(C)=O)ccc1COc1ccc(C(=O)OCC(=O)N[C@@H]2CCS(=O)(=O)C2)cc1OC. The molecule has 0 bridgehead atoms. The number of rotatable bonds is 10. The van der Waals surface area contributed by atoms with Gasteiger partial charge < -0.3 is 24.3 Å². The molecule has 0 aliphatic carbocycles. The van der Waals surface area contributed by atoms with Gasteiger partial charge in [-0.3, -0.25) is 9.59 Å². The maximum Gasteiger partial charge on any atom is 0.338 e. The highest BCUT2D eigenvalue weighted by molar-refractivity contribution is 7.91. The smallest absolute Gasteiger partial charge is 0.338 e. The zero-order valence-electron chi connectivity index (χ0n) is 19.7. The normalized spacial score (nSPS) is 16.3. The molecule has 0 aromatic heterocycles. The van der Waals surface area contributed by atoms with Crippen LogP contribution in [0.25, 0.3) is 0 Å². The maximum atomic E-state index is 12.4. The summed E-state index contributed by atoms with van der Waals surface area (Å²) < 4.78 is 44.5. The number of nitrogens with one attached hydrogen (secondary N) is 1. The van der Waals surface area contributed by atoms with Crippen LogP contribution in [0.4, 0.5) is 0 Å². The van der Waals surface area contributed by atoms with E-state index in [1.54, 1.807) is 18.2 Å². The molecule has 35 heavy (non-hydrogen) atoms. The number of benzene rings is 2. The number of esters is 1. The van der Waals surface area contributed by atoms with E-state index >= 15 is 0 Å². The van der Waals surface area contributed by atoms with Crippen molar-refractivity contribution in [3.63, 3.8) is 0 Å². The Balaban J connectivity index is 1.59. The first-order chi connectivity index (χ1) is 16.6. The van der Waals surface area contributed by atoms with E-state index < -0.39 is 34.4 Å². The Bertz CT molecular complexity index is 1220. The van der Waals surface area contributed by atoms with Crippen molar-refractivity contribution in [2.45, 2.75) is 26.0 Å². The summed E-state index contributed by atoms with van der Waals surface area (Å²) in [7, 11) is -0.209. The van der Waals surface area contributed by atoms with Gasteiger partial charge in [-0.2, -0.15) is 0 Å². The van der Waals surface area contributed by atoms with Crippen LogP contribution in [-0.2, 0) is 26.0 Å². The van der Waals surface area contributed by atoms with Crippen LogP contribution in [-0.4, -0.2) is 64.5 Å². The fourth-order valence-corrected chi connectivity index (χ4v) is 5.22. The first-order valence-corrected chi connectivity index (χ1v) is 12.6. The van der Waals surface area contributed by atoms with Gasteiger partial charge in [-0.05, 0) is 37.6 Å². The lowest BCUT2D eigenvalue weighted by Gasteiger charge is -2.14.